The minimum Gasteiger partial charge on any atom is -0.490 e. The zero-order valence-electron chi connectivity index (χ0n) is 16.4. The van der Waals surface area contributed by atoms with Gasteiger partial charge in [0.2, 0.25) is 11.8 Å². The summed E-state index contributed by atoms with van der Waals surface area (Å²) in [5.74, 6) is 0.530. The average molecular weight is 401 g/mol. The summed E-state index contributed by atoms with van der Waals surface area (Å²) in [7, 11) is 0. The van der Waals surface area contributed by atoms with Gasteiger partial charge in [-0.3, -0.25) is 9.59 Å². The van der Waals surface area contributed by atoms with Crippen molar-refractivity contribution in [3.63, 3.8) is 0 Å². The summed E-state index contributed by atoms with van der Waals surface area (Å²) in [5.41, 5.74) is 1.66. The summed E-state index contributed by atoms with van der Waals surface area (Å²) >= 11 is 5.88. The largest absolute Gasteiger partial charge is 0.490 e. The van der Waals surface area contributed by atoms with Gasteiger partial charge < -0.3 is 15.0 Å². The minimum absolute atomic E-state index is 0.0487. The van der Waals surface area contributed by atoms with E-state index in [-0.39, 0.29) is 18.2 Å². The number of carbonyl (C=O) groups excluding carboxylic acids is 2. The monoisotopic (exact) mass is 400 g/mol. The van der Waals surface area contributed by atoms with Crippen molar-refractivity contribution in [1.29, 1.82) is 0 Å². The molecule has 2 aromatic rings. The molecule has 0 saturated carbocycles. The molecule has 0 fully saturated rings. The highest BCUT2D eigenvalue weighted by Crippen LogP contribution is 2.38. The smallest absolute Gasteiger partial charge is 0.236 e. The van der Waals surface area contributed by atoms with Gasteiger partial charge in [-0.25, -0.2) is 0 Å². The standard InChI is InChI=1S/C22H25ClN2O3/c1-4-11-25-18-10-9-17(13-19(18)28-14-22(2,3)21(25)27)24-20(26)12-15-5-7-16(23)8-6-15/h5-10,13H,4,11-12,14H2,1-3H3,(H,24,26). The fourth-order valence-electron chi connectivity index (χ4n) is 3.16. The molecule has 3 rings (SSSR count). The number of hydrogen-bond donors (Lipinski definition) is 1. The van der Waals surface area contributed by atoms with Crippen LogP contribution < -0.4 is 15.0 Å². The first kappa shape index (κ1) is 20.2. The Balaban J connectivity index is 1.79. The van der Waals surface area contributed by atoms with E-state index in [1.54, 1.807) is 29.2 Å². The summed E-state index contributed by atoms with van der Waals surface area (Å²) < 4.78 is 5.94. The molecule has 0 spiro atoms. The number of fused-ring (bicyclic) bond motifs is 1. The van der Waals surface area contributed by atoms with Gasteiger partial charge in [0.25, 0.3) is 0 Å². The van der Waals surface area contributed by atoms with Crippen LogP contribution in [0, 0.1) is 5.41 Å². The van der Waals surface area contributed by atoms with Crippen LogP contribution in [0.5, 0.6) is 5.75 Å². The maximum Gasteiger partial charge on any atom is 0.236 e. The highest BCUT2D eigenvalue weighted by atomic mass is 35.5. The normalized spacial score (nSPS) is 15.4. The SMILES string of the molecule is CCCN1C(=O)C(C)(C)COc2cc(NC(=O)Cc3ccc(Cl)cc3)ccc21. The van der Waals surface area contributed by atoms with Gasteiger partial charge in [-0.1, -0.05) is 30.7 Å². The van der Waals surface area contributed by atoms with Crippen molar-refractivity contribution < 1.29 is 14.3 Å². The molecule has 1 N–H and O–H groups in total. The van der Waals surface area contributed by atoms with Crippen molar-refractivity contribution in [2.24, 2.45) is 5.41 Å². The molecule has 6 heteroatoms. The van der Waals surface area contributed by atoms with E-state index in [0.717, 1.165) is 17.7 Å². The highest BCUT2D eigenvalue weighted by molar-refractivity contribution is 6.30. The van der Waals surface area contributed by atoms with Crippen molar-refractivity contribution in [1.82, 2.24) is 0 Å². The molecule has 0 atom stereocenters. The molecule has 2 aromatic carbocycles. The molecule has 0 aromatic heterocycles. The van der Waals surface area contributed by atoms with E-state index in [9.17, 15) is 9.59 Å². The average Bonchev–Trinajstić information content (AvgIpc) is 2.74. The Morgan fingerprint density at radius 1 is 1.21 bits per heavy atom. The van der Waals surface area contributed by atoms with Gasteiger partial charge in [0.05, 0.1) is 17.5 Å². The van der Waals surface area contributed by atoms with Crippen LogP contribution in [0.3, 0.4) is 0 Å². The predicted octanol–water partition coefficient (Wildman–Crippen LogP) is 4.68. The molecule has 0 saturated heterocycles. The number of nitrogens with zero attached hydrogens (tertiary/aromatic N) is 1. The molecular formula is C22H25ClN2O3. The van der Waals surface area contributed by atoms with Crippen molar-refractivity contribution in [2.45, 2.75) is 33.6 Å². The van der Waals surface area contributed by atoms with Crippen molar-refractivity contribution >= 4 is 34.8 Å². The zero-order valence-corrected chi connectivity index (χ0v) is 17.2. The molecule has 0 bridgehead atoms. The third-order valence-corrected chi connectivity index (χ3v) is 4.92. The van der Waals surface area contributed by atoms with Crippen LogP contribution in [0.15, 0.2) is 42.5 Å². The Kier molecular flexibility index (Phi) is 5.94. The van der Waals surface area contributed by atoms with Crippen LogP contribution >= 0.6 is 11.6 Å². The van der Waals surface area contributed by atoms with E-state index in [1.165, 1.54) is 0 Å². The van der Waals surface area contributed by atoms with Crippen molar-refractivity contribution in [3.05, 3.63) is 53.1 Å². The van der Waals surface area contributed by atoms with E-state index in [0.29, 0.717) is 29.6 Å². The van der Waals surface area contributed by atoms with Crippen molar-refractivity contribution in [2.75, 3.05) is 23.4 Å². The maximum absolute atomic E-state index is 12.9. The molecule has 1 heterocycles. The zero-order chi connectivity index (χ0) is 20.3. The number of hydrogen-bond acceptors (Lipinski definition) is 3. The summed E-state index contributed by atoms with van der Waals surface area (Å²) in [6.45, 7) is 6.73. The molecule has 0 radical (unpaired) electrons. The van der Waals surface area contributed by atoms with Gasteiger partial charge in [0.15, 0.2) is 0 Å². The fourth-order valence-corrected chi connectivity index (χ4v) is 3.29. The molecule has 5 nitrogen and oxygen atoms in total. The number of rotatable bonds is 5. The lowest BCUT2D eigenvalue weighted by atomic mass is 9.93. The molecule has 28 heavy (non-hydrogen) atoms. The van der Waals surface area contributed by atoms with E-state index >= 15 is 0 Å². The number of ether oxygens (including phenoxy) is 1. The van der Waals surface area contributed by atoms with Crippen LogP contribution in [-0.2, 0) is 16.0 Å². The topological polar surface area (TPSA) is 58.6 Å². The van der Waals surface area contributed by atoms with Gasteiger partial charge in [-0.15, -0.1) is 0 Å². The molecule has 148 valence electrons. The first-order valence-electron chi connectivity index (χ1n) is 9.43. The van der Waals surface area contributed by atoms with E-state index in [4.69, 9.17) is 16.3 Å². The molecule has 1 aliphatic heterocycles. The van der Waals surface area contributed by atoms with E-state index in [1.807, 2.05) is 39.0 Å². The molecule has 0 unspecified atom stereocenters. The first-order valence-corrected chi connectivity index (χ1v) is 9.81. The van der Waals surface area contributed by atoms with Gasteiger partial charge in [0, 0.05) is 23.3 Å². The van der Waals surface area contributed by atoms with Crippen LogP contribution in [0.2, 0.25) is 5.02 Å². The summed E-state index contributed by atoms with van der Waals surface area (Å²) in [6.07, 6.45) is 1.10. The molecule has 2 amide bonds. The first-order chi connectivity index (χ1) is 13.3. The van der Waals surface area contributed by atoms with Gasteiger partial charge in [-0.2, -0.15) is 0 Å². The second-order valence-corrected chi connectivity index (χ2v) is 8.10. The number of nitrogens with one attached hydrogen (secondary N) is 1. The van der Waals surface area contributed by atoms with Crippen LogP contribution in [0.4, 0.5) is 11.4 Å². The highest BCUT2D eigenvalue weighted by Gasteiger charge is 2.37. The number of carbonyl (C=O) groups is 2. The number of halogens is 1. The number of amides is 2. The minimum atomic E-state index is -0.605. The third-order valence-electron chi connectivity index (χ3n) is 4.67. The van der Waals surface area contributed by atoms with Crippen molar-refractivity contribution in [3.8, 4) is 5.75 Å². The Bertz CT molecular complexity index is 878. The summed E-state index contributed by atoms with van der Waals surface area (Å²) in [4.78, 5) is 27.0. The lowest BCUT2D eigenvalue weighted by Gasteiger charge is -2.27. The molecular weight excluding hydrogens is 376 g/mol. The lowest BCUT2D eigenvalue weighted by Crippen LogP contribution is -2.42. The van der Waals surface area contributed by atoms with Gasteiger partial charge in [0.1, 0.15) is 12.4 Å². The van der Waals surface area contributed by atoms with E-state index < -0.39 is 5.41 Å². The van der Waals surface area contributed by atoms with Crippen LogP contribution in [0.1, 0.15) is 32.8 Å². The maximum atomic E-state index is 12.9. The Morgan fingerprint density at radius 2 is 1.93 bits per heavy atom. The Labute approximate surface area is 170 Å². The summed E-state index contributed by atoms with van der Waals surface area (Å²) in [6, 6.07) is 12.6. The lowest BCUT2D eigenvalue weighted by molar-refractivity contribution is -0.127. The van der Waals surface area contributed by atoms with Gasteiger partial charge >= 0.3 is 0 Å². The number of benzene rings is 2. The van der Waals surface area contributed by atoms with Crippen LogP contribution in [0.25, 0.3) is 0 Å². The molecule has 0 aliphatic carbocycles. The predicted molar refractivity (Wildman–Crippen MR) is 112 cm³/mol. The second-order valence-electron chi connectivity index (χ2n) is 7.66. The summed E-state index contributed by atoms with van der Waals surface area (Å²) in [5, 5.41) is 3.54. The Morgan fingerprint density at radius 3 is 2.61 bits per heavy atom. The second kappa shape index (κ2) is 8.23. The third kappa shape index (κ3) is 4.47. The van der Waals surface area contributed by atoms with E-state index in [2.05, 4.69) is 5.32 Å². The van der Waals surface area contributed by atoms with Gasteiger partial charge in [-0.05, 0) is 50.1 Å². The quantitative estimate of drug-likeness (QED) is 0.792. The Hall–Kier alpha value is -2.53. The number of anilines is 2. The van der Waals surface area contributed by atoms with Crippen LogP contribution in [-0.4, -0.2) is 25.0 Å². The molecule has 1 aliphatic rings. The fraction of sp³-hybridized carbons (Fsp3) is 0.364.